The normalized spacial score (nSPS) is 19.2. The molecule has 1 saturated heterocycles. The van der Waals surface area contributed by atoms with Crippen LogP contribution in [0, 0.1) is 0 Å². The van der Waals surface area contributed by atoms with Crippen LogP contribution in [0.5, 0.6) is 0 Å². The van der Waals surface area contributed by atoms with Crippen LogP contribution in [0.2, 0.25) is 0 Å². The van der Waals surface area contributed by atoms with E-state index in [0.29, 0.717) is 36.3 Å². The maximum atomic E-state index is 12.8. The van der Waals surface area contributed by atoms with Gasteiger partial charge in [0, 0.05) is 37.1 Å². The molecule has 4 nitrogen and oxygen atoms in total. The molecule has 0 radical (unpaired) electrons. The second kappa shape index (κ2) is 8.31. The van der Waals surface area contributed by atoms with E-state index in [1.807, 2.05) is 0 Å². The molecule has 1 heterocycles. The van der Waals surface area contributed by atoms with Crippen molar-refractivity contribution < 1.29 is 22.7 Å². The second-order valence-electron chi connectivity index (χ2n) is 5.73. The first-order valence-corrected chi connectivity index (χ1v) is 8.55. The standard InChI is InChI=1S/C16H20BrF3N2O2/c17-14-4-3-12(16(18,19)20)8-11(14)2-5-15(23)22-6-1-7-24-13(9-21)10-22/h3-4,8,13H,1-2,5-7,9-10,21H2. The molecule has 1 aliphatic rings. The Hall–Kier alpha value is -1.12. The van der Waals surface area contributed by atoms with Gasteiger partial charge < -0.3 is 15.4 Å². The summed E-state index contributed by atoms with van der Waals surface area (Å²) in [5.41, 5.74) is 5.36. The zero-order chi connectivity index (χ0) is 17.7. The number of rotatable bonds is 4. The van der Waals surface area contributed by atoms with E-state index < -0.39 is 11.7 Å². The van der Waals surface area contributed by atoms with Gasteiger partial charge >= 0.3 is 6.18 Å². The molecule has 0 spiro atoms. The molecule has 24 heavy (non-hydrogen) atoms. The minimum absolute atomic E-state index is 0.0942. The van der Waals surface area contributed by atoms with Crippen LogP contribution in [0.3, 0.4) is 0 Å². The van der Waals surface area contributed by atoms with Gasteiger partial charge in [-0.25, -0.2) is 0 Å². The minimum atomic E-state index is -4.39. The van der Waals surface area contributed by atoms with Gasteiger partial charge in [-0.15, -0.1) is 0 Å². The lowest BCUT2D eigenvalue weighted by atomic mass is 10.1. The first-order chi connectivity index (χ1) is 11.3. The summed E-state index contributed by atoms with van der Waals surface area (Å²) in [5, 5.41) is 0. The highest BCUT2D eigenvalue weighted by Gasteiger charge is 2.31. The summed E-state index contributed by atoms with van der Waals surface area (Å²) in [7, 11) is 0. The van der Waals surface area contributed by atoms with Crippen LogP contribution < -0.4 is 5.73 Å². The Morgan fingerprint density at radius 3 is 2.83 bits per heavy atom. The average Bonchev–Trinajstić information content (AvgIpc) is 2.78. The van der Waals surface area contributed by atoms with E-state index >= 15 is 0 Å². The molecule has 1 aromatic carbocycles. The molecule has 0 bridgehead atoms. The third kappa shape index (κ3) is 5.19. The Kier molecular flexibility index (Phi) is 6.65. The SMILES string of the molecule is NCC1CN(C(=O)CCc2cc(C(F)(F)F)ccc2Br)CCCO1. The van der Waals surface area contributed by atoms with Crippen LogP contribution in [-0.4, -0.2) is 43.2 Å². The molecular weight excluding hydrogens is 389 g/mol. The molecule has 1 fully saturated rings. The Morgan fingerprint density at radius 2 is 2.17 bits per heavy atom. The molecule has 2 N–H and O–H groups in total. The van der Waals surface area contributed by atoms with Crippen molar-refractivity contribution in [1.82, 2.24) is 4.90 Å². The molecule has 1 atom stereocenters. The van der Waals surface area contributed by atoms with Crippen molar-refractivity contribution in [2.24, 2.45) is 5.73 Å². The van der Waals surface area contributed by atoms with E-state index in [-0.39, 0.29) is 24.9 Å². The Bertz CT molecular complexity index is 581. The molecule has 1 aliphatic heterocycles. The van der Waals surface area contributed by atoms with Gasteiger partial charge in [-0.05, 0) is 36.6 Å². The lowest BCUT2D eigenvalue weighted by Crippen LogP contribution is -2.39. The van der Waals surface area contributed by atoms with Crippen molar-refractivity contribution in [3.8, 4) is 0 Å². The van der Waals surface area contributed by atoms with E-state index in [4.69, 9.17) is 10.5 Å². The fourth-order valence-electron chi connectivity index (χ4n) is 2.61. The molecule has 8 heteroatoms. The van der Waals surface area contributed by atoms with Crippen molar-refractivity contribution in [1.29, 1.82) is 0 Å². The topological polar surface area (TPSA) is 55.6 Å². The van der Waals surface area contributed by atoms with Crippen molar-refractivity contribution >= 4 is 21.8 Å². The number of halogens is 4. The van der Waals surface area contributed by atoms with E-state index in [9.17, 15) is 18.0 Å². The number of nitrogens with two attached hydrogens (primary N) is 1. The maximum absolute atomic E-state index is 12.8. The summed E-state index contributed by atoms with van der Waals surface area (Å²) in [6.07, 6.45) is -3.45. The third-order valence-corrected chi connectivity index (χ3v) is 4.72. The first-order valence-electron chi connectivity index (χ1n) is 7.76. The fraction of sp³-hybridized carbons (Fsp3) is 0.562. The predicted molar refractivity (Wildman–Crippen MR) is 87.5 cm³/mol. The van der Waals surface area contributed by atoms with Crippen LogP contribution in [0.25, 0.3) is 0 Å². The number of carbonyl (C=O) groups is 1. The lowest BCUT2D eigenvalue weighted by Gasteiger charge is -2.23. The Balaban J connectivity index is 2.00. The molecule has 2 rings (SSSR count). The molecule has 134 valence electrons. The number of amides is 1. The number of nitrogens with zero attached hydrogens (tertiary/aromatic N) is 1. The molecule has 0 saturated carbocycles. The summed E-state index contributed by atoms with van der Waals surface area (Å²) in [6.45, 7) is 1.91. The van der Waals surface area contributed by atoms with Crippen molar-refractivity contribution in [3.05, 3.63) is 33.8 Å². The highest BCUT2D eigenvalue weighted by atomic mass is 79.9. The zero-order valence-corrected chi connectivity index (χ0v) is 14.7. The summed E-state index contributed by atoms with van der Waals surface area (Å²) in [6, 6.07) is 3.48. The molecule has 1 unspecified atom stereocenters. The number of aryl methyl sites for hydroxylation is 1. The Morgan fingerprint density at radius 1 is 1.42 bits per heavy atom. The number of alkyl halides is 3. The van der Waals surface area contributed by atoms with Crippen LogP contribution in [0.1, 0.15) is 24.0 Å². The molecular formula is C16H20BrF3N2O2. The van der Waals surface area contributed by atoms with Gasteiger partial charge in [-0.3, -0.25) is 4.79 Å². The van der Waals surface area contributed by atoms with E-state index in [2.05, 4.69) is 15.9 Å². The number of ether oxygens (including phenoxy) is 1. The predicted octanol–water partition coefficient (Wildman–Crippen LogP) is 2.98. The molecule has 1 amide bonds. The zero-order valence-electron chi connectivity index (χ0n) is 13.1. The van der Waals surface area contributed by atoms with Crippen molar-refractivity contribution in [2.75, 3.05) is 26.2 Å². The highest BCUT2D eigenvalue weighted by molar-refractivity contribution is 9.10. The maximum Gasteiger partial charge on any atom is 0.416 e. The van der Waals surface area contributed by atoms with Crippen LogP contribution >= 0.6 is 15.9 Å². The monoisotopic (exact) mass is 408 g/mol. The van der Waals surface area contributed by atoms with Gasteiger partial charge in [0.1, 0.15) is 0 Å². The van der Waals surface area contributed by atoms with E-state index in [0.717, 1.165) is 18.6 Å². The van der Waals surface area contributed by atoms with Gasteiger partial charge in [0.25, 0.3) is 0 Å². The van der Waals surface area contributed by atoms with E-state index in [1.54, 1.807) is 4.90 Å². The molecule has 0 aliphatic carbocycles. The summed E-state index contributed by atoms with van der Waals surface area (Å²) in [5.74, 6) is -0.0942. The third-order valence-electron chi connectivity index (χ3n) is 3.95. The van der Waals surface area contributed by atoms with Gasteiger partial charge in [0.15, 0.2) is 0 Å². The van der Waals surface area contributed by atoms with Gasteiger partial charge in [0.05, 0.1) is 11.7 Å². The van der Waals surface area contributed by atoms with Crippen LogP contribution in [0.4, 0.5) is 13.2 Å². The Labute approximate surface area is 147 Å². The number of benzene rings is 1. The van der Waals surface area contributed by atoms with Crippen LogP contribution in [0.15, 0.2) is 22.7 Å². The van der Waals surface area contributed by atoms with Crippen LogP contribution in [-0.2, 0) is 22.1 Å². The van der Waals surface area contributed by atoms with Gasteiger partial charge in [0.2, 0.25) is 5.91 Å². The number of hydrogen-bond donors (Lipinski definition) is 1. The minimum Gasteiger partial charge on any atom is -0.375 e. The molecule has 1 aromatic rings. The summed E-state index contributed by atoms with van der Waals surface area (Å²) in [4.78, 5) is 14.1. The smallest absolute Gasteiger partial charge is 0.375 e. The fourth-order valence-corrected chi connectivity index (χ4v) is 3.05. The summed E-state index contributed by atoms with van der Waals surface area (Å²) < 4.78 is 44.5. The summed E-state index contributed by atoms with van der Waals surface area (Å²) >= 11 is 3.25. The number of hydrogen-bond acceptors (Lipinski definition) is 3. The van der Waals surface area contributed by atoms with Crippen molar-refractivity contribution in [2.45, 2.75) is 31.5 Å². The average molecular weight is 409 g/mol. The lowest BCUT2D eigenvalue weighted by molar-refractivity contribution is -0.137. The quantitative estimate of drug-likeness (QED) is 0.832. The second-order valence-corrected chi connectivity index (χ2v) is 6.58. The van der Waals surface area contributed by atoms with Gasteiger partial charge in [-0.1, -0.05) is 15.9 Å². The molecule has 0 aromatic heterocycles. The van der Waals surface area contributed by atoms with Gasteiger partial charge in [-0.2, -0.15) is 13.2 Å². The first kappa shape index (κ1) is 19.2. The largest absolute Gasteiger partial charge is 0.416 e. The number of carbonyl (C=O) groups excluding carboxylic acids is 1. The highest BCUT2D eigenvalue weighted by Crippen LogP contribution is 2.32. The van der Waals surface area contributed by atoms with E-state index in [1.165, 1.54) is 6.07 Å². The van der Waals surface area contributed by atoms with Crippen molar-refractivity contribution in [3.63, 3.8) is 0 Å².